The highest BCUT2D eigenvalue weighted by atomic mass is 32.2. The number of hydrogen-bond acceptors (Lipinski definition) is 2. The van der Waals surface area contributed by atoms with E-state index in [0.29, 0.717) is 0 Å². The van der Waals surface area contributed by atoms with E-state index in [1.165, 1.54) is 44.4 Å². The maximum absolute atomic E-state index is 3.65. The quantitative estimate of drug-likeness (QED) is 0.663. The summed E-state index contributed by atoms with van der Waals surface area (Å²) in [6, 6.07) is 0.754. The molecule has 13 heavy (non-hydrogen) atoms. The highest BCUT2D eigenvalue weighted by Gasteiger charge is 2.20. The molecule has 0 bridgehead atoms. The summed E-state index contributed by atoms with van der Waals surface area (Å²) in [6.45, 7) is 3.56. The first-order chi connectivity index (χ1) is 6.34. The van der Waals surface area contributed by atoms with E-state index in [0.717, 1.165) is 12.0 Å². The van der Waals surface area contributed by atoms with Gasteiger partial charge >= 0.3 is 0 Å². The van der Waals surface area contributed by atoms with E-state index < -0.39 is 0 Å². The van der Waals surface area contributed by atoms with Crippen LogP contribution < -0.4 is 5.32 Å². The van der Waals surface area contributed by atoms with Crippen molar-refractivity contribution in [3.8, 4) is 0 Å². The van der Waals surface area contributed by atoms with Gasteiger partial charge in [0.15, 0.2) is 0 Å². The average molecular weight is 201 g/mol. The zero-order chi connectivity index (χ0) is 9.52. The molecule has 1 atom stereocenters. The SMILES string of the molecule is CSCCCN[C@H](C)C1CCCC1. The zero-order valence-electron chi connectivity index (χ0n) is 9.01. The first kappa shape index (κ1) is 11.4. The Labute approximate surface area is 87.1 Å². The minimum Gasteiger partial charge on any atom is -0.314 e. The fourth-order valence-electron chi connectivity index (χ4n) is 2.17. The van der Waals surface area contributed by atoms with Crippen LogP contribution >= 0.6 is 11.8 Å². The van der Waals surface area contributed by atoms with E-state index in [9.17, 15) is 0 Å². The Hall–Kier alpha value is 0.310. The maximum atomic E-state index is 3.65. The molecular weight excluding hydrogens is 178 g/mol. The van der Waals surface area contributed by atoms with Crippen molar-refractivity contribution in [1.29, 1.82) is 0 Å². The molecule has 1 N–H and O–H groups in total. The largest absolute Gasteiger partial charge is 0.314 e. The second-order valence-electron chi connectivity index (χ2n) is 4.13. The summed E-state index contributed by atoms with van der Waals surface area (Å²) in [5.41, 5.74) is 0. The molecule has 0 saturated heterocycles. The van der Waals surface area contributed by atoms with Gasteiger partial charge in [-0.3, -0.25) is 0 Å². The summed E-state index contributed by atoms with van der Waals surface area (Å²) in [6.07, 6.45) is 9.33. The molecule has 0 aromatic rings. The minimum atomic E-state index is 0.754. The van der Waals surface area contributed by atoms with Crippen molar-refractivity contribution in [1.82, 2.24) is 5.32 Å². The van der Waals surface area contributed by atoms with Crippen LogP contribution in [0.15, 0.2) is 0 Å². The highest BCUT2D eigenvalue weighted by Crippen LogP contribution is 2.27. The van der Waals surface area contributed by atoms with Crippen LogP contribution in [0.3, 0.4) is 0 Å². The molecule has 1 fully saturated rings. The molecule has 1 nitrogen and oxygen atoms in total. The van der Waals surface area contributed by atoms with Crippen LogP contribution in [0, 0.1) is 5.92 Å². The average Bonchev–Trinajstić information content (AvgIpc) is 2.65. The third-order valence-corrected chi connectivity index (χ3v) is 3.80. The normalized spacial score (nSPS) is 20.8. The number of nitrogens with one attached hydrogen (secondary N) is 1. The summed E-state index contributed by atoms with van der Waals surface area (Å²) in [5, 5.41) is 3.65. The van der Waals surface area contributed by atoms with Crippen LogP contribution in [0.25, 0.3) is 0 Å². The molecule has 1 aliphatic rings. The molecule has 0 heterocycles. The van der Waals surface area contributed by atoms with Gasteiger partial charge in [0, 0.05) is 6.04 Å². The van der Waals surface area contributed by atoms with Gasteiger partial charge in [0.05, 0.1) is 0 Å². The first-order valence-electron chi connectivity index (χ1n) is 5.57. The monoisotopic (exact) mass is 201 g/mol. The van der Waals surface area contributed by atoms with E-state index in [1.54, 1.807) is 0 Å². The van der Waals surface area contributed by atoms with E-state index in [1.807, 2.05) is 11.8 Å². The lowest BCUT2D eigenvalue weighted by molar-refractivity contribution is 0.383. The van der Waals surface area contributed by atoms with Crippen molar-refractivity contribution in [3.63, 3.8) is 0 Å². The molecule has 0 aromatic carbocycles. The Morgan fingerprint density at radius 2 is 2.08 bits per heavy atom. The molecule has 1 aliphatic carbocycles. The van der Waals surface area contributed by atoms with Crippen molar-refractivity contribution in [2.24, 2.45) is 5.92 Å². The standard InChI is InChI=1S/C11H23NS/c1-10(11-6-3-4-7-11)12-8-5-9-13-2/h10-12H,3-9H2,1-2H3/t10-/m1/s1. The van der Waals surface area contributed by atoms with Crippen molar-refractivity contribution in [3.05, 3.63) is 0 Å². The van der Waals surface area contributed by atoms with Crippen molar-refractivity contribution < 1.29 is 0 Å². The first-order valence-corrected chi connectivity index (χ1v) is 6.96. The molecule has 1 saturated carbocycles. The van der Waals surface area contributed by atoms with Crippen LogP contribution in [0.1, 0.15) is 39.0 Å². The van der Waals surface area contributed by atoms with Gasteiger partial charge in [0.2, 0.25) is 0 Å². The Morgan fingerprint density at radius 1 is 1.38 bits per heavy atom. The van der Waals surface area contributed by atoms with Crippen LogP contribution in [0.4, 0.5) is 0 Å². The van der Waals surface area contributed by atoms with E-state index in [2.05, 4.69) is 18.5 Å². The molecular formula is C11H23NS. The lowest BCUT2D eigenvalue weighted by Crippen LogP contribution is -2.33. The molecule has 0 aliphatic heterocycles. The third-order valence-electron chi connectivity index (χ3n) is 3.10. The topological polar surface area (TPSA) is 12.0 Å². The van der Waals surface area contributed by atoms with Gasteiger partial charge in [-0.05, 0) is 50.7 Å². The van der Waals surface area contributed by atoms with Gasteiger partial charge in [-0.2, -0.15) is 11.8 Å². The molecule has 0 radical (unpaired) electrons. The minimum absolute atomic E-state index is 0.754. The molecule has 78 valence electrons. The predicted molar refractivity (Wildman–Crippen MR) is 62.4 cm³/mol. The Kier molecular flexibility index (Phi) is 5.88. The molecule has 2 heteroatoms. The lowest BCUT2D eigenvalue weighted by atomic mass is 10.00. The van der Waals surface area contributed by atoms with E-state index in [-0.39, 0.29) is 0 Å². The van der Waals surface area contributed by atoms with Gasteiger partial charge in [0.1, 0.15) is 0 Å². The number of hydrogen-bond donors (Lipinski definition) is 1. The molecule has 0 aromatic heterocycles. The van der Waals surface area contributed by atoms with Crippen LogP contribution in [0.2, 0.25) is 0 Å². The number of rotatable bonds is 6. The zero-order valence-corrected chi connectivity index (χ0v) is 9.83. The maximum Gasteiger partial charge on any atom is 0.00670 e. The smallest absolute Gasteiger partial charge is 0.00670 e. The summed E-state index contributed by atoms with van der Waals surface area (Å²) in [7, 11) is 0. The number of thioether (sulfide) groups is 1. The Morgan fingerprint density at radius 3 is 2.69 bits per heavy atom. The third kappa shape index (κ3) is 4.37. The molecule has 1 rings (SSSR count). The summed E-state index contributed by atoms with van der Waals surface area (Å²) in [5.74, 6) is 2.26. The van der Waals surface area contributed by atoms with Crippen molar-refractivity contribution in [2.45, 2.75) is 45.1 Å². The second-order valence-corrected chi connectivity index (χ2v) is 5.12. The summed E-state index contributed by atoms with van der Waals surface area (Å²) < 4.78 is 0. The summed E-state index contributed by atoms with van der Waals surface area (Å²) >= 11 is 1.95. The Balaban J connectivity index is 1.99. The van der Waals surface area contributed by atoms with E-state index in [4.69, 9.17) is 0 Å². The molecule has 0 spiro atoms. The molecule has 0 amide bonds. The van der Waals surface area contributed by atoms with Gasteiger partial charge in [-0.25, -0.2) is 0 Å². The van der Waals surface area contributed by atoms with Gasteiger partial charge in [0.25, 0.3) is 0 Å². The lowest BCUT2D eigenvalue weighted by Gasteiger charge is -2.20. The van der Waals surface area contributed by atoms with Crippen LogP contribution in [-0.2, 0) is 0 Å². The van der Waals surface area contributed by atoms with Gasteiger partial charge in [-0.15, -0.1) is 0 Å². The van der Waals surface area contributed by atoms with Crippen LogP contribution in [0.5, 0.6) is 0 Å². The second kappa shape index (κ2) is 6.72. The Bertz CT molecular complexity index is 121. The van der Waals surface area contributed by atoms with Crippen molar-refractivity contribution in [2.75, 3.05) is 18.6 Å². The fourth-order valence-corrected chi connectivity index (χ4v) is 2.60. The van der Waals surface area contributed by atoms with Gasteiger partial charge in [-0.1, -0.05) is 12.8 Å². The predicted octanol–water partition coefficient (Wildman–Crippen LogP) is 2.91. The van der Waals surface area contributed by atoms with E-state index >= 15 is 0 Å². The van der Waals surface area contributed by atoms with Crippen LogP contribution in [-0.4, -0.2) is 24.6 Å². The summed E-state index contributed by atoms with van der Waals surface area (Å²) in [4.78, 5) is 0. The molecule has 0 unspecified atom stereocenters. The van der Waals surface area contributed by atoms with Crippen molar-refractivity contribution >= 4 is 11.8 Å². The van der Waals surface area contributed by atoms with Gasteiger partial charge < -0.3 is 5.32 Å². The highest BCUT2D eigenvalue weighted by molar-refractivity contribution is 7.98. The fraction of sp³-hybridized carbons (Fsp3) is 1.00.